The van der Waals surface area contributed by atoms with E-state index in [0.29, 0.717) is 22.9 Å². The van der Waals surface area contributed by atoms with Gasteiger partial charge in [0.1, 0.15) is 5.75 Å². The monoisotopic (exact) mass is 465 g/mol. The normalized spacial score (nSPS) is 16.3. The first-order valence-electron chi connectivity index (χ1n) is 11.8. The van der Waals surface area contributed by atoms with Crippen LogP contribution < -0.4 is 10.2 Å². The lowest BCUT2D eigenvalue weighted by molar-refractivity contribution is 0.474. The summed E-state index contributed by atoms with van der Waals surface area (Å²) < 4.78 is 1.76. The largest absolute Gasteiger partial charge is 0.507 e. The van der Waals surface area contributed by atoms with Crippen LogP contribution in [0.2, 0.25) is 0 Å². The predicted octanol–water partition coefficient (Wildman–Crippen LogP) is 4.06. The van der Waals surface area contributed by atoms with Gasteiger partial charge in [0, 0.05) is 72.6 Å². The van der Waals surface area contributed by atoms with E-state index in [1.54, 1.807) is 10.9 Å². The van der Waals surface area contributed by atoms with Gasteiger partial charge in [0.15, 0.2) is 5.65 Å². The highest BCUT2D eigenvalue weighted by Crippen LogP contribution is 2.39. The Hall–Kier alpha value is -4.04. The number of benzene rings is 1. The number of anilines is 1. The molecule has 5 aromatic rings. The highest BCUT2D eigenvalue weighted by molar-refractivity contribution is 5.97. The summed E-state index contributed by atoms with van der Waals surface area (Å²) in [5, 5.41) is 21.0. The number of nitrogens with zero attached hydrogens (tertiary/aromatic N) is 6. The number of nitrogens with one attached hydrogen (secondary N) is 1. The van der Waals surface area contributed by atoms with Crippen molar-refractivity contribution in [3.63, 3.8) is 0 Å². The van der Waals surface area contributed by atoms with Gasteiger partial charge in [0.25, 0.3) is 0 Å². The van der Waals surface area contributed by atoms with Crippen LogP contribution in [0.15, 0.2) is 55.0 Å². The quantitative estimate of drug-likeness (QED) is 0.415. The molecule has 8 nitrogen and oxygen atoms in total. The lowest BCUT2D eigenvalue weighted by Crippen LogP contribution is -2.49. The van der Waals surface area contributed by atoms with Crippen LogP contribution in [0.5, 0.6) is 5.75 Å². The number of pyridine rings is 3. The molecule has 0 saturated carbocycles. The number of piperazine rings is 1. The smallest absolute Gasteiger partial charge is 0.160 e. The van der Waals surface area contributed by atoms with Crippen LogP contribution in [-0.2, 0) is 7.05 Å². The van der Waals surface area contributed by atoms with E-state index in [2.05, 4.69) is 33.3 Å². The summed E-state index contributed by atoms with van der Waals surface area (Å²) in [5.41, 5.74) is 6.30. The second-order valence-electron chi connectivity index (χ2n) is 9.27. The zero-order valence-electron chi connectivity index (χ0n) is 20.0. The first-order chi connectivity index (χ1) is 17.0. The van der Waals surface area contributed by atoms with Crippen molar-refractivity contribution in [3.8, 4) is 28.3 Å². The van der Waals surface area contributed by atoms with E-state index >= 15 is 0 Å². The van der Waals surface area contributed by atoms with Crippen LogP contribution in [-0.4, -0.2) is 55.5 Å². The maximum absolute atomic E-state index is 11.1. The maximum atomic E-state index is 11.1. The maximum Gasteiger partial charge on any atom is 0.160 e. The third kappa shape index (κ3) is 3.76. The molecule has 0 amide bonds. The average molecular weight is 466 g/mol. The van der Waals surface area contributed by atoms with Gasteiger partial charge in [0.05, 0.1) is 28.8 Å². The van der Waals surface area contributed by atoms with Gasteiger partial charge in [-0.2, -0.15) is 5.10 Å². The SMILES string of the molecule is Cc1c(O)c(-c2cc(-c3ccccn3)c3cc(N4CCN[C@@H](C)C4)cnc3n2)cc2cn(C)nc12. The van der Waals surface area contributed by atoms with E-state index in [4.69, 9.17) is 9.97 Å². The fourth-order valence-corrected chi connectivity index (χ4v) is 4.94. The van der Waals surface area contributed by atoms with Crippen molar-refractivity contribution in [1.82, 2.24) is 30.0 Å². The van der Waals surface area contributed by atoms with E-state index in [1.807, 2.05) is 56.7 Å². The summed E-state index contributed by atoms with van der Waals surface area (Å²) in [4.78, 5) is 16.6. The molecule has 1 aliphatic rings. The second kappa shape index (κ2) is 8.32. The molecule has 4 aromatic heterocycles. The Labute approximate surface area is 203 Å². The Morgan fingerprint density at radius 1 is 1.09 bits per heavy atom. The van der Waals surface area contributed by atoms with Crippen LogP contribution >= 0.6 is 0 Å². The average Bonchev–Trinajstić information content (AvgIpc) is 3.26. The van der Waals surface area contributed by atoms with Gasteiger partial charge >= 0.3 is 0 Å². The first-order valence-corrected chi connectivity index (χ1v) is 11.8. The number of aromatic nitrogens is 5. The number of phenolic OH excluding ortho intramolecular Hbond substituents is 1. The van der Waals surface area contributed by atoms with Crippen molar-refractivity contribution in [3.05, 3.63) is 60.6 Å². The Kier molecular flexibility index (Phi) is 5.11. The second-order valence-corrected chi connectivity index (χ2v) is 9.27. The zero-order chi connectivity index (χ0) is 24.1. The molecule has 5 heterocycles. The van der Waals surface area contributed by atoms with Crippen molar-refractivity contribution in [2.45, 2.75) is 19.9 Å². The van der Waals surface area contributed by atoms with Gasteiger partial charge in [0.2, 0.25) is 0 Å². The van der Waals surface area contributed by atoms with E-state index in [0.717, 1.165) is 58.4 Å². The summed E-state index contributed by atoms with van der Waals surface area (Å²) in [6.45, 7) is 6.88. The number of hydrogen-bond acceptors (Lipinski definition) is 7. The summed E-state index contributed by atoms with van der Waals surface area (Å²) in [7, 11) is 1.88. The minimum Gasteiger partial charge on any atom is -0.507 e. The van der Waals surface area contributed by atoms with Crippen LogP contribution in [0, 0.1) is 6.92 Å². The molecule has 1 aliphatic heterocycles. The Balaban J connectivity index is 1.57. The van der Waals surface area contributed by atoms with Gasteiger partial charge < -0.3 is 15.3 Å². The molecule has 0 unspecified atom stereocenters. The van der Waals surface area contributed by atoms with Crippen molar-refractivity contribution in [2.24, 2.45) is 7.05 Å². The third-order valence-corrected chi connectivity index (χ3v) is 6.72. The zero-order valence-corrected chi connectivity index (χ0v) is 20.0. The molecule has 35 heavy (non-hydrogen) atoms. The third-order valence-electron chi connectivity index (χ3n) is 6.72. The van der Waals surface area contributed by atoms with Crippen molar-refractivity contribution >= 4 is 27.6 Å². The number of phenols is 1. The summed E-state index contributed by atoms with van der Waals surface area (Å²) in [6.07, 6.45) is 5.64. The van der Waals surface area contributed by atoms with E-state index in [1.165, 1.54) is 0 Å². The number of hydrogen-bond donors (Lipinski definition) is 2. The molecule has 0 aliphatic carbocycles. The molecular weight excluding hydrogens is 438 g/mol. The molecule has 1 saturated heterocycles. The number of aryl methyl sites for hydroxylation is 2. The van der Waals surface area contributed by atoms with E-state index in [9.17, 15) is 5.11 Å². The lowest BCUT2D eigenvalue weighted by Gasteiger charge is -2.33. The standard InChI is InChI=1S/C27H27N7O/c1-16-14-34(9-8-28-16)19-11-21-20(23-6-4-5-7-29-23)12-24(31-27(21)30-13-19)22-10-18-15-33(3)32-25(18)17(2)26(22)35/h4-7,10-13,15-16,28,35H,8-9,14H2,1-3H3/t16-/m0/s1. The highest BCUT2D eigenvalue weighted by Gasteiger charge is 2.20. The topological polar surface area (TPSA) is 92.0 Å². The van der Waals surface area contributed by atoms with Gasteiger partial charge in [-0.05, 0) is 44.2 Å². The lowest BCUT2D eigenvalue weighted by atomic mass is 9.99. The fourth-order valence-electron chi connectivity index (χ4n) is 4.94. The summed E-state index contributed by atoms with van der Waals surface area (Å²) in [5.74, 6) is 0.182. The minimum absolute atomic E-state index is 0.182. The molecule has 8 heteroatoms. The minimum atomic E-state index is 0.182. The van der Waals surface area contributed by atoms with Crippen LogP contribution in [0.4, 0.5) is 5.69 Å². The Morgan fingerprint density at radius 3 is 2.77 bits per heavy atom. The molecule has 2 N–H and O–H groups in total. The molecule has 1 atom stereocenters. The van der Waals surface area contributed by atoms with Gasteiger partial charge in [-0.15, -0.1) is 0 Å². The van der Waals surface area contributed by atoms with Gasteiger partial charge in [-0.1, -0.05) is 6.07 Å². The Morgan fingerprint density at radius 2 is 1.97 bits per heavy atom. The van der Waals surface area contributed by atoms with Gasteiger partial charge in [-0.25, -0.2) is 9.97 Å². The number of aromatic hydroxyl groups is 1. The highest BCUT2D eigenvalue weighted by atomic mass is 16.3. The molecule has 0 spiro atoms. The number of fused-ring (bicyclic) bond motifs is 2. The van der Waals surface area contributed by atoms with Gasteiger partial charge in [-0.3, -0.25) is 9.67 Å². The van der Waals surface area contributed by atoms with Crippen molar-refractivity contribution in [1.29, 1.82) is 0 Å². The van der Waals surface area contributed by atoms with E-state index in [-0.39, 0.29) is 5.75 Å². The van der Waals surface area contributed by atoms with Crippen LogP contribution in [0.1, 0.15) is 12.5 Å². The summed E-state index contributed by atoms with van der Waals surface area (Å²) in [6, 6.07) is 12.4. The molecular formula is C27H27N7O. The molecule has 0 radical (unpaired) electrons. The summed E-state index contributed by atoms with van der Waals surface area (Å²) >= 11 is 0. The van der Waals surface area contributed by atoms with Crippen molar-refractivity contribution in [2.75, 3.05) is 24.5 Å². The van der Waals surface area contributed by atoms with Crippen LogP contribution in [0.3, 0.4) is 0 Å². The molecule has 1 fully saturated rings. The predicted molar refractivity (Wildman–Crippen MR) is 139 cm³/mol. The Bertz CT molecular complexity index is 1560. The molecule has 0 bridgehead atoms. The molecule has 1 aromatic carbocycles. The van der Waals surface area contributed by atoms with Crippen molar-refractivity contribution < 1.29 is 5.11 Å². The number of rotatable bonds is 3. The van der Waals surface area contributed by atoms with E-state index < -0.39 is 0 Å². The molecule has 176 valence electrons. The first kappa shape index (κ1) is 21.5. The molecule has 6 rings (SSSR count). The van der Waals surface area contributed by atoms with Crippen LogP contribution in [0.25, 0.3) is 44.5 Å². The fraction of sp³-hybridized carbons (Fsp3) is 0.259.